The normalized spacial score (nSPS) is 13.7. The van der Waals surface area contributed by atoms with E-state index in [1.165, 1.54) is 18.4 Å². The Balaban J connectivity index is 1.09. The maximum Gasteiger partial charge on any atom is 0.337 e. The number of fused-ring (bicyclic) bond motifs is 1. The Morgan fingerprint density at radius 1 is 0.818 bits per heavy atom. The fourth-order valence-corrected chi connectivity index (χ4v) is 8.52. The maximum atomic E-state index is 13.9. The van der Waals surface area contributed by atoms with Crippen LogP contribution in [0, 0.1) is 5.41 Å². The van der Waals surface area contributed by atoms with Gasteiger partial charge in [0.15, 0.2) is 0 Å². The molecule has 288 valence electrons. The molecule has 1 saturated carbocycles. The van der Waals surface area contributed by atoms with Crippen LogP contribution in [0.5, 0.6) is 0 Å². The van der Waals surface area contributed by atoms with Crippen molar-refractivity contribution in [2.45, 2.75) is 97.1 Å². The number of rotatable bonds is 16. The molecule has 0 unspecified atom stereocenters. The molecule has 4 aromatic rings. The average Bonchev–Trinajstić information content (AvgIpc) is 3.93. The molecule has 1 aromatic heterocycles. The minimum Gasteiger partial charge on any atom is -0.481 e. The van der Waals surface area contributed by atoms with E-state index in [4.69, 9.17) is 4.74 Å². The van der Waals surface area contributed by atoms with E-state index in [-0.39, 0.29) is 42.6 Å². The third-order valence-electron chi connectivity index (χ3n) is 10.3. The van der Waals surface area contributed by atoms with E-state index in [1.54, 1.807) is 44.2 Å². The Morgan fingerprint density at radius 2 is 1.49 bits per heavy atom. The highest BCUT2D eigenvalue weighted by Crippen LogP contribution is 2.39. The van der Waals surface area contributed by atoms with Crippen molar-refractivity contribution in [2.24, 2.45) is 5.41 Å². The number of aliphatic carboxylic acids is 1. The van der Waals surface area contributed by atoms with Crippen molar-refractivity contribution in [1.82, 2.24) is 4.90 Å². The number of carboxylic acids is 1. The molecular weight excluding hydrogens is 715 g/mol. The molecule has 3 amide bonds. The zero-order valence-corrected chi connectivity index (χ0v) is 32.6. The summed E-state index contributed by atoms with van der Waals surface area (Å²) in [5.74, 6) is -1.94. The van der Waals surface area contributed by atoms with Crippen molar-refractivity contribution < 1.29 is 33.8 Å². The highest BCUT2D eigenvalue weighted by Gasteiger charge is 2.36. The summed E-state index contributed by atoms with van der Waals surface area (Å²) in [5.41, 5.74) is 5.59. The largest absolute Gasteiger partial charge is 0.481 e. The molecule has 2 aliphatic carbocycles. The van der Waals surface area contributed by atoms with Crippen molar-refractivity contribution in [3.63, 3.8) is 0 Å². The molecule has 55 heavy (non-hydrogen) atoms. The van der Waals surface area contributed by atoms with Gasteiger partial charge in [0, 0.05) is 35.1 Å². The number of thiophene rings is 1. The lowest BCUT2D eigenvalue weighted by atomic mass is 9.85. The number of hydrogen-bond donors (Lipinski definition) is 3. The second-order valence-electron chi connectivity index (χ2n) is 15.4. The summed E-state index contributed by atoms with van der Waals surface area (Å²) in [7, 11) is 1.37. The number of carbonyl (C=O) groups excluding carboxylic acids is 4. The monoisotopic (exact) mass is 763 g/mol. The van der Waals surface area contributed by atoms with Crippen LogP contribution >= 0.6 is 11.3 Å². The molecule has 1 heterocycles. The van der Waals surface area contributed by atoms with Crippen molar-refractivity contribution in [3.05, 3.63) is 117 Å². The predicted octanol–water partition coefficient (Wildman–Crippen LogP) is 8.48. The molecule has 0 spiro atoms. The smallest absolute Gasteiger partial charge is 0.337 e. The first kappa shape index (κ1) is 39.4. The number of carboxylic acid groups (broad SMARTS) is 1. The fraction of sp³-hybridized carbons (Fsp3) is 0.386. The highest BCUT2D eigenvalue weighted by atomic mass is 32.1. The van der Waals surface area contributed by atoms with Gasteiger partial charge in [-0.15, -0.1) is 11.3 Å². The van der Waals surface area contributed by atoms with E-state index >= 15 is 0 Å². The van der Waals surface area contributed by atoms with Crippen molar-refractivity contribution >= 4 is 51.7 Å². The predicted molar refractivity (Wildman–Crippen MR) is 214 cm³/mol. The van der Waals surface area contributed by atoms with Crippen LogP contribution in [-0.4, -0.2) is 52.8 Å². The van der Waals surface area contributed by atoms with Crippen molar-refractivity contribution in [3.8, 4) is 0 Å². The van der Waals surface area contributed by atoms with Gasteiger partial charge in [-0.05, 0) is 122 Å². The first-order valence-electron chi connectivity index (χ1n) is 19.0. The van der Waals surface area contributed by atoms with Crippen LogP contribution in [0.1, 0.15) is 117 Å². The van der Waals surface area contributed by atoms with Crippen LogP contribution in [0.4, 0.5) is 10.7 Å². The van der Waals surface area contributed by atoms with E-state index in [0.717, 1.165) is 84.9 Å². The number of ether oxygens (including phenoxy) is 1. The Morgan fingerprint density at radius 3 is 2.15 bits per heavy atom. The molecule has 0 radical (unpaired) electrons. The third-order valence-corrected chi connectivity index (χ3v) is 11.5. The van der Waals surface area contributed by atoms with E-state index < -0.39 is 11.4 Å². The Hall–Kier alpha value is -5.29. The highest BCUT2D eigenvalue weighted by molar-refractivity contribution is 7.17. The number of benzene rings is 3. The van der Waals surface area contributed by atoms with E-state index in [9.17, 15) is 29.1 Å². The van der Waals surface area contributed by atoms with Gasteiger partial charge >= 0.3 is 11.9 Å². The van der Waals surface area contributed by atoms with Gasteiger partial charge < -0.3 is 25.4 Å². The van der Waals surface area contributed by atoms with Crippen LogP contribution in [0.15, 0.2) is 72.8 Å². The number of nitrogens with zero attached hydrogens (tertiary/aromatic N) is 1. The summed E-state index contributed by atoms with van der Waals surface area (Å²) in [5, 5.41) is 16.0. The zero-order valence-electron chi connectivity index (χ0n) is 31.7. The lowest BCUT2D eigenvalue weighted by Gasteiger charge is -2.28. The molecule has 0 atom stereocenters. The molecule has 6 rings (SSSR count). The minimum atomic E-state index is -0.929. The number of anilines is 2. The van der Waals surface area contributed by atoms with Gasteiger partial charge in [-0.2, -0.15) is 0 Å². The molecule has 11 heteroatoms. The number of esters is 1. The second-order valence-corrected chi connectivity index (χ2v) is 16.5. The summed E-state index contributed by atoms with van der Waals surface area (Å²) in [6, 6.07) is 22.6. The Bertz CT molecular complexity index is 2050. The zero-order chi connectivity index (χ0) is 39.1. The molecule has 1 fully saturated rings. The van der Waals surface area contributed by atoms with Gasteiger partial charge in [0.05, 0.1) is 24.7 Å². The third kappa shape index (κ3) is 10.5. The average molecular weight is 764 g/mol. The number of carbonyl (C=O) groups is 5. The second kappa shape index (κ2) is 17.5. The van der Waals surface area contributed by atoms with Crippen molar-refractivity contribution in [2.75, 3.05) is 17.7 Å². The molecule has 3 aromatic carbocycles. The van der Waals surface area contributed by atoms with Gasteiger partial charge in [0.1, 0.15) is 5.00 Å². The van der Waals surface area contributed by atoms with Gasteiger partial charge in [-0.25, -0.2) is 4.79 Å². The molecule has 0 bridgehead atoms. The quantitative estimate of drug-likeness (QED) is 0.0973. The number of methoxy groups -OCH3 is 1. The standard InChI is InChI=1S/C44H49N3O7S/c1-44(2,26-38(49)50)25-37(48)47(34-22-23-34)27-30-10-7-11-32(24-30)40(51)46-42-39(35-12-4-5-13-36(35)55-42)41(52)45-33-20-16-29(17-21-33)9-6-8-28-14-18-31(19-15-28)43(53)54-3/h7,10-11,14-21,24,34H,4-6,8-9,12-13,22-23,25-27H2,1-3H3,(H,45,52)(H,46,51)(H,49,50). The molecule has 10 nitrogen and oxygen atoms in total. The molecule has 2 aliphatic rings. The summed E-state index contributed by atoms with van der Waals surface area (Å²) < 4.78 is 4.77. The first-order chi connectivity index (χ1) is 26.4. The SMILES string of the molecule is COC(=O)c1ccc(CCCc2ccc(NC(=O)c3c(NC(=O)c4cccc(CN(C(=O)CC(C)(C)CC(=O)O)C5CC5)c4)sc4c3CCCC4)cc2)cc1. The van der Waals surface area contributed by atoms with Crippen LogP contribution in [0.2, 0.25) is 0 Å². The molecular formula is C44H49N3O7S. The van der Waals surface area contributed by atoms with Crippen LogP contribution in [0.3, 0.4) is 0 Å². The van der Waals surface area contributed by atoms with E-state index in [1.807, 2.05) is 47.4 Å². The van der Waals surface area contributed by atoms with Gasteiger partial charge in [-0.1, -0.05) is 50.2 Å². The number of hydrogen-bond acceptors (Lipinski definition) is 7. The Kier molecular flexibility index (Phi) is 12.5. The summed E-state index contributed by atoms with van der Waals surface area (Å²) in [6.45, 7) is 3.92. The molecule has 3 N–H and O–H groups in total. The van der Waals surface area contributed by atoms with Crippen molar-refractivity contribution in [1.29, 1.82) is 0 Å². The van der Waals surface area contributed by atoms with Gasteiger partial charge in [0.25, 0.3) is 11.8 Å². The van der Waals surface area contributed by atoms with Gasteiger partial charge in [-0.3, -0.25) is 19.2 Å². The summed E-state index contributed by atoms with van der Waals surface area (Å²) in [6.07, 6.45) is 8.17. The summed E-state index contributed by atoms with van der Waals surface area (Å²) >= 11 is 1.47. The summed E-state index contributed by atoms with van der Waals surface area (Å²) in [4.78, 5) is 67.0. The maximum absolute atomic E-state index is 13.9. The van der Waals surface area contributed by atoms with Crippen LogP contribution in [0.25, 0.3) is 0 Å². The van der Waals surface area contributed by atoms with E-state index in [0.29, 0.717) is 33.9 Å². The fourth-order valence-electron chi connectivity index (χ4n) is 7.24. The molecule has 0 aliphatic heterocycles. The lowest BCUT2D eigenvalue weighted by molar-refractivity contribution is -0.141. The Labute approximate surface area is 326 Å². The number of nitrogens with one attached hydrogen (secondary N) is 2. The first-order valence-corrected chi connectivity index (χ1v) is 19.8. The number of amides is 3. The topological polar surface area (TPSA) is 142 Å². The lowest BCUT2D eigenvalue weighted by Crippen LogP contribution is -2.36. The molecule has 0 saturated heterocycles. The van der Waals surface area contributed by atoms with Gasteiger partial charge in [0.2, 0.25) is 5.91 Å². The minimum absolute atomic E-state index is 0.0844. The van der Waals surface area contributed by atoms with Crippen LogP contribution < -0.4 is 10.6 Å². The van der Waals surface area contributed by atoms with Crippen LogP contribution in [-0.2, 0) is 46.6 Å². The number of aryl methyl sites for hydroxylation is 3. The van der Waals surface area contributed by atoms with E-state index in [2.05, 4.69) is 10.6 Å².